The summed E-state index contributed by atoms with van der Waals surface area (Å²) < 4.78 is 13.1. The smallest absolute Gasteiger partial charge is 0.295 e. The van der Waals surface area contributed by atoms with Gasteiger partial charge in [-0.1, -0.05) is 12.1 Å². The molecule has 0 radical (unpaired) electrons. The highest BCUT2D eigenvalue weighted by Crippen LogP contribution is 2.36. The van der Waals surface area contributed by atoms with Crippen molar-refractivity contribution in [3.63, 3.8) is 0 Å². The Morgan fingerprint density at radius 3 is 2.38 bits per heavy atom. The van der Waals surface area contributed by atoms with E-state index in [0.29, 0.717) is 38.0 Å². The molecule has 0 aromatic heterocycles. The lowest BCUT2D eigenvalue weighted by atomic mass is 9.81. The van der Waals surface area contributed by atoms with E-state index >= 15 is 0 Å². The quantitative estimate of drug-likeness (QED) is 0.551. The molecule has 3 aliphatic rings. The number of carbonyl (C=O) groups excluding carboxylic acids is 4. The number of benzene rings is 1. The normalized spacial score (nSPS) is 23.1. The van der Waals surface area contributed by atoms with E-state index in [9.17, 15) is 23.6 Å². The van der Waals surface area contributed by atoms with Crippen LogP contribution in [-0.2, 0) is 25.7 Å². The molecule has 1 aromatic rings. The molecule has 29 heavy (non-hydrogen) atoms. The van der Waals surface area contributed by atoms with Crippen LogP contribution in [0, 0.1) is 11.7 Å². The standard InChI is InChI=1S/C21H22FN3O4/c1-23-9-2-3-10-25-17(20(23)28)15-8-11-24(12-13-4-6-14(22)7-5-13)19(27)16(15)18(26)21(25)29/h4-7,16H,2-3,8-12H2,1H3. The van der Waals surface area contributed by atoms with Crippen LogP contribution in [0.2, 0.25) is 0 Å². The monoisotopic (exact) mass is 399 g/mol. The van der Waals surface area contributed by atoms with Crippen LogP contribution < -0.4 is 0 Å². The van der Waals surface area contributed by atoms with Crippen molar-refractivity contribution in [1.29, 1.82) is 0 Å². The molecule has 0 bridgehead atoms. The molecule has 7 nitrogen and oxygen atoms in total. The molecule has 3 amide bonds. The number of carbonyl (C=O) groups is 4. The predicted molar refractivity (Wildman–Crippen MR) is 101 cm³/mol. The van der Waals surface area contributed by atoms with Gasteiger partial charge in [0.1, 0.15) is 17.4 Å². The van der Waals surface area contributed by atoms with Crippen molar-refractivity contribution in [2.75, 3.05) is 26.7 Å². The fourth-order valence-corrected chi connectivity index (χ4v) is 4.23. The third-order valence-electron chi connectivity index (χ3n) is 5.81. The molecule has 1 atom stereocenters. The zero-order chi connectivity index (χ0) is 20.7. The van der Waals surface area contributed by atoms with Crippen molar-refractivity contribution in [3.8, 4) is 0 Å². The largest absolute Gasteiger partial charge is 0.340 e. The Balaban J connectivity index is 1.69. The van der Waals surface area contributed by atoms with E-state index in [1.165, 1.54) is 21.9 Å². The Kier molecular flexibility index (Phi) is 4.94. The molecule has 1 aromatic carbocycles. The van der Waals surface area contributed by atoms with E-state index in [1.54, 1.807) is 24.1 Å². The lowest BCUT2D eigenvalue weighted by molar-refractivity contribution is -0.154. The lowest BCUT2D eigenvalue weighted by Gasteiger charge is -2.41. The number of nitrogens with zero attached hydrogens (tertiary/aromatic N) is 3. The Labute approximate surface area is 167 Å². The number of hydrogen-bond donors (Lipinski definition) is 0. The van der Waals surface area contributed by atoms with Gasteiger partial charge in [0.2, 0.25) is 11.7 Å². The number of Topliss-reactive ketones (excluding diaryl/α,β-unsaturated/α-hetero) is 1. The highest BCUT2D eigenvalue weighted by molar-refractivity contribution is 6.43. The number of hydrogen-bond acceptors (Lipinski definition) is 4. The van der Waals surface area contributed by atoms with E-state index in [0.717, 1.165) is 12.0 Å². The molecule has 3 aliphatic heterocycles. The van der Waals surface area contributed by atoms with Crippen LogP contribution in [0.15, 0.2) is 35.5 Å². The van der Waals surface area contributed by atoms with Gasteiger partial charge in [-0.25, -0.2) is 4.39 Å². The minimum atomic E-state index is -1.24. The molecule has 2 saturated heterocycles. The Morgan fingerprint density at radius 2 is 1.66 bits per heavy atom. The van der Waals surface area contributed by atoms with E-state index in [-0.39, 0.29) is 24.0 Å². The third kappa shape index (κ3) is 3.32. The summed E-state index contributed by atoms with van der Waals surface area (Å²) in [5.41, 5.74) is 1.39. The van der Waals surface area contributed by atoms with Gasteiger partial charge >= 0.3 is 0 Å². The number of piperidine rings is 1. The van der Waals surface area contributed by atoms with Crippen LogP contribution in [0.1, 0.15) is 24.8 Å². The van der Waals surface area contributed by atoms with Gasteiger partial charge in [-0.2, -0.15) is 0 Å². The van der Waals surface area contributed by atoms with E-state index < -0.39 is 23.5 Å². The lowest BCUT2D eigenvalue weighted by Crippen LogP contribution is -2.56. The summed E-state index contributed by atoms with van der Waals surface area (Å²) in [6.07, 6.45) is 1.78. The Bertz CT molecular complexity index is 924. The average molecular weight is 399 g/mol. The van der Waals surface area contributed by atoms with Crippen LogP contribution >= 0.6 is 0 Å². The summed E-state index contributed by atoms with van der Waals surface area (Å²) in [5.74, 6) is -3.95. The van der Waals surface area contributed by atoms with Crippen molar-refractivity contribution in [3.05, 3.63) is 46.9 Å². The number of likely N-dealkylation sites (tertiary alicyclic amines) is 1. The Morgan fingerprint density at radius 1 is 0.966 bits per heavy atom. The second-order valence-corrected chi connectivity index (χ2v) is 7.70. The minimum Gasteiger partial charge on any atom is -0.340 e. The zero-order valence-corrected chi connectivity index (χ0v) is 16.2. The maximum absolute atomic E-state index is 13.1. The molecule has 8 heteroatoms. The van der Waals surface area contributed by atoms with Crippen LogP contribution in [0.25, 0.3) is 0 Å². The van der Waals surface area contributed by atoms with Gasteiger partial charge < -0.3 is 14.7 Å². The molecule has 4 rings (SSSR count). The summed E-state index contributed by atoms with van der Waals surface area (Å²) in [7, 11) is 1.67. The average Bonchev–Trinajstić information content (AvgIpc) is 2.70. The predicted octanol–water partition coefficient (Wildman–Crippen LogP) is 1.09. The Hall–Kier alpha value is -3.03. The number of amides is 3. The molecule has 2 fully saturated rings. The van der Waals surface area contributed by atoms with Gasteiger partial charge in [0, 0.05) is 33.2 Å². The highest BCUT2D eigenvalue weighted by atomic mass is 19.1. The maximum Gasteiger partial charge on any atom is 0.295 e. The van der Waals surface area contributed by atoms with Gasteiger partial charge in [-0.3, -0.25) is 19.2 Å². The van der Waals surface area contributed by atoms with E-state index in [2.05, 4.69) is 0 Å². The van der Waals surface area contributed by atoms with Crippen LogP contribution in [0.3, 0.4) is 0 Å². The second-order valence-electron chi connectivity index (χ2n) is 7.70. The maximum atomic E-state index is 13.1. The highest BCUT2D eigenvalue weighted by Gasteiger charge is 2.50. The molecular weight excluding hydrogens is 377 g/mol. The molecule has 152 valence electrons. The van der Waals surface area contributed by atoms with Gasteiger partial charge in [0.05, 0.1) is 0 Å². The first-order chi connectivity index (χ1) is 13.9. The van der Waals surface area contributed by atoms with Crippen molar-refractivity contribution in [2.45, 2.75) is 25.8 Å². The van der Waals surface area contributed by atoms with Crippen LogP contribution in [0.4, 0.5) is 4.39 Å². The SMILES string of the molecule is CN1CCCCN2C(=O)C(=O)C3C(=O)N(Cc4ccc(F)cc4)CCC3=C2C1=O. The van der Waals surface area contributed by atoms with E-state index in [4.69, 9.17) is 0 Å². The topological polar surface area (TPSA) is 78.0 Å². The second kappa shape index (κ2) is 7.42. The minimum absolute atomic E-state index is 0.205. The summed E-state index contributed by atoms with van der Waals surface area (Å²) in [6.45, 7) is 1.43. The fraction of sp³-hybridized carbons (Fsp3) is 0.429. The third-order valence-corrected chi connectivity index (χ3v) is 5.81. The molecular formula is C21H22FN3O4. The summed E-state index contributed by atoms with van der Waals surface area (Å²) >= 11 is 0. The van der Waals surface area contributed by atoms with Crippen LogP contribution in [0.5, 0.6) is 0 Å². The molecule has 3 heterocycles. The van der Waals surface area contributed by atoms with E-state index in [1.807, 2.05) is 0 Å². The number of likely N-dealkylation sites (N-methyl/N-ethyl adjacent to an activating group) is 1. The zero-order valence-electron chi connectivity index (χ0n) is 16.2. The summed E-state index contributed by atoms with van der Waals surface area (Å²) in [5, 5.41) is 0. The first kappa shape index (κ1) is 19.3. The number of halogens is 1. The summed E-state index contributed by atoms with van der Waals surface area (Å²) in [4.78, 5) is 55.9. The van der Waals surface area contributed by atoms with Crippen molar-refractivity contribution >= 4 is 23.5 Å². The number of rotatable bonds is 2. The van der Waals surface area contributed by atoms with Gasteiger partial charge in [0.25, 0.3) is 11.8 Å². The first-order valence-corrected chi connectivity index (χ1v) is 9.76. The molecule has 1 unspecified atom stereocenters. The van der Waals surface area contributed by atoms with Gasteiger partial charge in [0.15, 0.2) is 0 Å². The van der Waals surface area contributed by atoms with Gasteiger partial charge in [-0.15, -0.1) is 0 Å². The van der Waals surface area contributed by atoms with Gasteiger partial charge in [-0.05, 0) is 42.5 Å². The fourth-order valence-electron chi connectivity index (χ4n) is 4.23. The van der Waals surface area contributed by atoms with Crippen molar-refractivity contribution < 1.29 is 23.6 Å². The number of ketones is 1. The van der Waals surface area contributed by atoms with Crippen LogP contribution in [-0.4, -0.2) is 64.9 Å². The van der Waals surface area contributed by atoms with Crippen molar-refractivity contribution in [1.82, 2.24) is 14.7 Å². The molecule has 0 spiro atoms. The van der Waals surface area contributed by atoms with Crippen molar-refractivity contribution in [2.24, 2.45) is 5.92 Å². The molecule has 0 N–H and O–H groups in total. The first-order valence-electron chi connectivity index (χ1n) is 9.76. The molecule has 0 aliphatic carbocycles. The number of fused-ring (bicyclic) bond motifs is 2. The molecule has 0 saturated carbocycles. The summed E-state index contributed by atoms with van der Waals surface area (Å²) in [6, 6.07) is 5.79.